The maximum Gasteiger partial charge on any atom is 0.269 e. The number of nitro benzene ring substituents is 1. The molecule has 5 nitrogen and oxygen atoms in total. The smallest absolute Gasteiger partial charge is 0.269 e. The molecule has 2 rings (SSSR count). The fraction of sp³-hybridized carbons (Fsp3) is 0.0714. The molecule has 0 spiro atoms. The Morgan fingerprint density at radius 3 is 2.48 bits per heavy atom. The summed E-state index contributed by atoms with van der Waals surface area (Å²) in [4.78, 5) is 22.7. The lowest BCUT2D eigenvalue weighted by molar-refractivity contribution is -0.384. The molecule has 2 aromatic rings. The molecular formula is C14H11ClN2O3S. The van der Waals surface area contributed by atoms with E-state index in [2.05, 4.69) is 5.32 Å². The number of carbonyl (C=O) groups is 1. The minimum Gasteiger partial charge on any atom is -0.325 e. The predicted octanol–water partition coefficient (Wildman–Crippen LogP) is 3.98. The summed E-state index contributed by atoms with van der Waals surface area (Å²) in [5.41, 5.74) is 0.504. The van der Waals surface area contributed by atoms with Crippen LogP contribution in [-0.4, -0.2) is 16.6 Å². The molecule has 0 aliphatic rings. The summed E-state index contributed by atoms with van der Waals surface area (Å²) in [6, 6.07) is 13.0. The van der Waals surface area contributed by atoms with Gasteiger partial charge < -0.3 is 5.32 Å². The molecule has 2 aromatic carbocycles. The van der Waals surface area contributed by atoms with Gasteiger partial charge in [-0.1, -0.05) is 23.7 Å². The van der Waals surface area contributed by atoms with Crippen LogP contribution in [0.15, 0.2) is 53.4 Å². The summed E-state index contributed by atoms with van der Waals surface area (Å²) in [7, 11) is 0. The van der Waals surface area contributed by atoms with Gasteiger partial charge in [-0.25, -0.2) is 0 Å². The molecule has 108 valence electrons. The van der Waals surface area contributed by atoms with Crippen molar-refractivity contribution in [2.24, 2.45) is 0 Å². The van der Waals surface area contributed by atoms with Gasteiger partial charge in [-0.2, -0.15) is 0 Å². The van der Waals surface area contributed by atoms with Crippen LogP contribution < -0.4 is 5.32 Å². The van der Waals surface area contributed by atoms with Gasteiger partial charge in [0.1, 0.15) is 0 Å². The largest absolute Gasteiger partial charge is 0.325 e. The first-order chi connectivity index (χ1) is 10.1. The van der Waals surface area contributed by atoms with Gasteiger partial charge >= 0.3 is 0 Å². The average molecular weight is 323 g/mol. The number of nitrogens with zero attached hydrogens (tertiary/aromatic N) is 1. The number of rotatable bonds is 5. The summed E-state index contributed by atoms with van der Waals surface area (Å²) in [6.45, 7) is 0. The van der Waals surface area contributed by atoms with Crippen molar-refractivity contribution in [3.63, 3.8) is 0 Å². The van der Waals surface area contributed by atoms with Crippen molar-refractivity contribution in [1.82, 2.24) is 0 Å². The SMILES string of the molecule is O=C(CSc1ccccc1Cl)Nc1ccc([N+](=O)[O-])cc1. The van der Waals surface area contributed by atoms with Gasteiger partial charge in [-0.05, 0) is 24.3 Å². The van der Waals surface area contributed by atoms with Gasteiger partial charge in [0.15, 0.2) is 0 Å². The van der Waals surface area contributed by atoms with Crippen molar-refractivity contribution < 1.29 is 9.72 Å². The standard InChI is InChI=1S/C14H11ClN2O3S/c15-12-3-1-2-4-13(12)21-9-14(18)16-10-5-7-11(8-6-10)17(19)20/h1-8H,9H2,(H,16,18). The second-order valence-corrected chi connectivity index (χ2v) is 5.50. The highest BCUT2D eigenvalue weighted by molar-refractivity contribution is 8.00. The van der Waals surface area contributed by atoms with Gasteiger partial charge in [-0.15, -0.1) is 11.8 Å². The first-order valence-electron chi connectivity index (χ1n) is 5.98. The van der Waals surface area contributed by atoms with Gasteiger partial charge in [0.25, 0.3) is 5.69 Å². The van der Waals surface area contributed by atoms with E-state index in [0.717, 1.165) is 4.90 Å². The summed E-state index contributed by atoms with van der Waals surface area (Å²) < 4.78 is 0. The minimum absolute atomic E-state index is 0.0153. The molecule has 0 unspecified atom stereocenters. The average Bonchev–Trinajstić information content (AvgIpc) is 2.47. The monoisotopic (exact) mass is 322 g/mol. The minimum atomic E-state index is -0.487. The maximum atomic E-state index is 11.8. The number of amides is 1. The maximum absolute atomic E-state index is 11.8. The second-order valence-electron chi connectivity index (χ2n) is 4.07. The highest BCUT2D eigenvalue weighted by atomic mass is 35.5. The van der Waals surface area contributed by atoms with Gasteiger partial charge in [0.2, 0.25) is 5.91 Å². The summed E-state index contributed by atoms with van der Waals surface area (Å²) in [6.07, 6.45) is 0. The molecule has 21 heavy (non-hydrogen) atoms. The predicted molar refractivity (Wildman–Crippen MR) is 83.9 cm³/mol. The number of nitro groups is 1. The lowest BCUT2D eigenvalue weighted by Gasteiger charge is -2.06. The topological polar surface area (TPSA) is 72.2 Å². The third kappa shape index (κ3) is 4.47. The number of hydrogen-bond acceptors (Lipinski definition) is 4. The molecule has 0 saturated carbocycles. The quantitative estimate of drug-likeness (QED) is 0.513. The zero-order valence-corrected chi connectivity index (χ0v) is 12.4. The summed E-state index contributed by atoms with van der Waals surface area (Å²) in [5, 5.41) is 13.8. The Kier molecular flexibility index (Phi) is 5.19. The van der Waals surface area contributed by atoms with Crippen molar-refractivity contribution in [2.75, 3.05) is 11.1 Å². The van der Waals surface area contributed by atoms with Crippen molar-refractivity contribution >= 4 is 40.6 Å². The number of halogens is 1. The fourth-order valence-corrected chi connectivity index (χ4v) is 2.61. The molecule has 0 aromatic heterocycles. The third-order valence-corrected chi connectivity index (χ3v) is 4.07. The second kappa shape index (κ2) is 7.10. The lowest BCUT2D eigenvalue weighted by Crippen LogP contribution is -2.13. The fourth-order valence-electron chi connectivity index (χ4n) is 1.57. The van der Waals surface area contributed by atoms with Crippen LogP contribution in [0.1, 0.15) is 0 Å². The van der Waals surface area contributed by atoms with Crippen LogP contribution in [0.3, 0.4) is 0 Å². The number of non-ortho nitro benzene ring substituents is 1. The molecule has 0 atom stereocenters. The zero-order valence-electron chi connectivity index (χ0n) is 10.8. The molecule has 0 fully saturated rings. The highest BCUT2D eigenvalue weighted by Crippen LogP contribution is 2.26. The molecule has 0 aliphatic carbocycles. The van der Waals surface area contributed by atoms with Crippen LogP contribution in [0, 0.1) is 10.1 Å². The Morgan fingerprint density at radius 2 is 1.86 bits per heavy atom. The summed E-state index contributed by atoms with van der Waals surface area (Å²) in [5.74, 6) is 0.00884. The molecule has 1 amide bonds. The van der Waals surface area contributed by atoms with Crippen molar-refractivity contribution in [3.05, 3.63) is 63.7 Å². The lowest BCUT2D eigenvalue weighted by atomic mass is 10.3. The van der Waals surface area contributed by atoms with Gasteiger partial charge in [-0.3, -0.25) is 14.9 Å². The van der Waals surface area contributed by atoms with E-state index in [4.69, 9.17) is 11.6 Å². The van der Waals surface area contributed by atoms with Crippen LogP contribution in [0.4, 0.5) is 11.4 Å². The third-order valence-electron chi connectivity index (χ3n) is 2.56. The van der Waals surface area contributed by atoms with Crippen molar-refractivity contribution in [3.8, 4) is 0 Å². The molecule has 0 heterocycles. The molecule has 0 bridgehead atoms. The van der Waals surface area contributed by atoms with E-state index >= 15 is 0 Å². The van der Waals surface area contributed by atoms with Gasteiger partial charge in [0.05, 0.1) is 15.7 Å². The van der Waals surface area contributed by atoms with Crippen LogP contribution in [0.5, 0.6) is 0 Å². The number of nitrogens with one attached hydrogen (secondary N) is 1. The first kappa shape index (κ1) is 15.3. The Labute approximate surface area is 130 Å². The van der Waals surface area contributed by atoms with Crippen LogP contribution >= 0.6 is 23.4 Å². The van der Waals surface area contributed by atoms with Crippen LogP contribution in [0.25, 0.3) is 0 Å². The van der Waals surface area contributed by atoms with Crippen molar-refractivity contribution in [1.29, 1.82) is 0 Å². The molecule has 0 radical (unpaired) electrons. The highest BCUT2D eigenvalue weighted by Gasteiger charge is 2.08. The van der Waals surface area contributed by atoms with E-state index in [1.54, 1.807) is 6.07 Å². The molecule has 0 aliphatic heterocycles. The normalized spacial score (nSPS) is 10.1. The van der Waals surface area contributed by atoms with Gasteiger partial charge in [0, 0.05) is 22.7 Å². The van der Waals surface area contributed by atoms with E-state index in [0.29, 0.717) is 10.7 Å². The van der Waals surface area contributed by atoms with E-state index < -0.39 is 4.92 Å². The van der Waals surface area contributed by atoms with E-state index in [-0.39, 0.29) is 17.3 Å². The number of thioether (sulfide) groups is 1. The molecule has 1 N–H and O–H groups in total. The van der Waals surface area contributed by atoms with E-state index in [1.807, 2.05) is 18.2 Å². The van der Waals surface area contributed by atoms with E-state index in [1.165, 1.54) is 36.0 Å². The number of hydrogen-bond donors (Lipinski definition) is 1. The Morgan fingerprint density at radius 1 is 1.19 bits per heavy atom. The molecule has 0 saturated heterocycles. The summed E-state index contributed by atoms with van der Waals surface area (Å²) >= 11 is 7.33. The Bertz CT molecular complexity index is 662. The van der Waals surface area contributed by atoms with Crippen LogP contribution in [0.2, 0.25) is 5.02 Å². The number of benzene rings is 2. The first-order valence-corrected chi connectivity index (χ1v) is 7.34. The molecule has 7 heteroatoms. The zero-order chi connectivity index (χ0) is 15.2. The number of anilines is 1. The van der Waals surface area contributed by atoms with Crippen molar-refractivity contribution in [2.45, 2.75) is 4.90 Å². The Balaban J connectivity index is 1.90. The molecular weight excluding hydrogens is 312 g/mol. The number of carbonyl (C=O) groups excluding carboxylic acids is 1. The van der Waals surface area contributed by atoms with E-state index in [9.17, 15) is 14.9 Å². The van der Waals surface area contributed by atoms with Crippen LogP contribution in [-0.2, 0) is 4.79 Å². The Hall–Kier alpha value is -2.05.